The maximum Gasteiger partial charge on any atom is 0.449 e. The zero-order valence-electron chi connectivity index (χ0n) is 15.8. The number of fused-ring (bicyclic) bond motifs is 1. The molecule has 1 fully saturated rings. The van der Waals surface area contributed by atoms with Gasteiger partial charge in [0.25, 0.3) is 0 Å². The van der Waals surface area contributed by atoms with Gasteiger partial charge in [0.05, 0.1) is 24.2 Å². The molecule has 1 saturated heterocycles. The summed E-state index contributed by atoms with van der Waals surface area (Å²) in [5.74, 6) is -0.687. The second-order valence-electron chi connectivity index (χ2n) is 7.03. The normalized spacial score (nSPS) is 17.1. The van der Waals surface area contributed by atoms with E-state index >= 15 is 0 Å². The van der Waals surface area contributed by atoms with E-state index in [1.165, 1.54) is 6.07 Å². The number of aromatic nitrogens is 2. The van der Waals surface area contributed by atoms with Crippen molar-refractivity contribution >= 4 is 16.9 Å². The molecule has 2 aromatic carbocycles. The molecule has 1 amide bonds. The number of carbonyl (C=O) groups excluding carboxylic acids is 1. The molecule has 1 aromatic heterocycles. The molecule has 0 spiro atoms. The third-order valence-electron chi connectivity index (χ3n) is 5.28. The maximum atomic E-state index is 13.5. The Balaban J connectivity index is 1.63. The zero-order valence-corrected chi connectivity index (χ0v) is 15.8. The minimum absolute atomic E-state index is 0.155. The number of hydrogen-bond donors (Lipinski definition) is 0. The van der Waals surface area contributed by atoms with E-state index in [4.69, 9.17) is 4.74 Å². The molecular formula is C21H20F3N3O2. The minimum atomic E-state index is -4.64. The Kier molecular flexibility index (Phi) is 4.94. The summed E-state index contributed by atoms with van der Waals surface area (Å²) in [6.07, 6.45) is -3.06. The van der Waals surface area contributed by atoms with Crippen LogP contribution in [0.3, 0.4) is 0 Å². The molecule has 1 atom stereocenters. The number of alkyl halides is 3. The highest BCUT2D eigenvalue weighted by Crippen LogP contribution is 2.35. The Labute approximate surface area is 165 Å². The number of para-hydroxylation sites is 2. The Morgan fingerprint density at radius 2 is 1.90 bits per heavy atom. The van der Waals surface area contributed by atoms with E-state index in [-0.39, 0.29) is 17.5 Å². The first-order valence-electron chi connectivity index (χ1n) is 9.34. The highest BCUT2D eigenvalue weighted by molar-refractivity contribution is 5.81. The van der Waals surface area contributed by atoms with Crippen LogP contribution in [0.5, 0.6) is 5.75 Å². The lowest BCUT2D eigenvalue weighted by Crippen LogP contribution is -2.34. The summed E-state index contributed by atoms with van der Waals surface area (Å²) in [4.78, 5) is 18.4. The van der Waals surface area contributed by atoms with Gasteiger partial charge in [0, 0.05) is 6.54 Å². The summed E-state index contributed by atoms with van der Waals surface area (Å²) in [6, 6.07) is 13.6. The monoisotopic (exact) mass is 403 g/mol. The van der Waals surface area contributed by atoms with Gasteiger partial charge in [-0.3, -0.25) is 4.79 Å². The number of hydrogen-bond acceptors (Lipinski definition) is 3. The Morgan fingerprint density at radius 3 is 2.59 bits per heavy atom. The van der Waals surface area contributed by atoms with Crippen LogP contribution in [0.4, 0.5) is 13.2 Å². The zero-order chi connectivity index (χ0) is 20.6. The molecule has 0 aliphatic carbocycles. The number of rotatable bonds is 4. The van der Waals surface area contributed by atoms with Gasteiger partial charge >= 0.3 is 6.18 Å². The van der Waals surface area contributed by atoms with Crippen LogP contribution in [0.1, 0.15) is 30.3 Å². The molecule has 8 heteroatoms. The number of carbonyl (C=O) groups is 1. The summed E-state index contributed by atoms with van der Waals surface area (Å²) in [6.45, 7) is 0.117. The van der Waals surface area contributed by atoms with Crippen molar-refractivity contribution in [2.45, 2.75) is 31.6 Å². The number of halogens is 3. The molecule has 152 valence electrons. The van der Waals surface area contributed by atoms with Crippen molar-refractivity contribution in [3.05, 3.63) is 59.9 Å². The molecular weight excluding hydrogens is 383 g/mol. The fourth-order valence-electron chi connectivity index (χ4n) is 3.92. The average molecular weight is 403 g/mol. The minimum Gasteiger partial charge on any atom is -0.497 e. The van der Waals surface area contributed by atoms with Crippen LogP contribution in [-0.4, -0.2) is 34.0 Å². The highest BCUT2D eigenvalue weighted by atomic mass is 19.4. The van der Waals surface area contributed by atoms with Crippen molar-refractivity contribution in [1.29, 1.82) is 0 Å². The van der Waals surface area contributed by atoms with Gasteiger partial charge in [-0.15, -0.1) is 0 Å². The largest absolute Gasteiger partial charge is 0.497 e. The second kappa shape index (κ2) is 7.42. The van der Waals surface area contributed by atoms with Crippen molar-refractivity contribution in [2.75, 3.05) is 13.7 Å². The Morgan fingerprint density at radius 1 is 1.17 bits per heavy atom. The van der Waals surface area contributed by atoms with Gasteiger partial charge in [0.15, 0.2) is 0 Å². The number of ether oxygens (including phenoxy) is 1. The van der Waals surface area contributed by atoms with Crippen LogP contribution >= 0.6 is 0 Å². The van der Waals surface area contributed by atoms with Crippen LogP contribution in [0, 0.1) is 0 Å². The van der Waals surface area contributed by atoms with Gasteiger partial charge < -0.3 is 14.2 Å². The lowest BCUT2D eigenvalue weighted by atomic mass is 10.0. The van der Waals surface area contributed by atoms with Crippen molar-refractivity contribution in [3.8, 4) is 5.75 Å². The fourth-order valence-corrected chi connectivity index (χ4v) is 3.92. The number of benzene rings is 2. The maximum absolute atomic E-state index is 13.5. The van der Waals surface area contributed by atoms with E-state index in [0.717, 1.165) is 23.0 Å². The van der Waals surface area contributed by atoms with Crippen molar-refractivity contribution in [3.63, 3.8) is 0 Å². The van der Waals surface area contributed by atoms with Gasteiger partial charge in [-0.1, -0.05) is 24.3 Å². The molecule has 5 nitrogen and oxygen atoms in total. The first-order valence-corrected chi connectivity index (χ1v) is 9.34. The molecule has 1 unspecified atom stereocenters. The Hall–Kier alpha value is -3.03. The standard InChI is InChI=1S/C21H20F3N3O2/c1-29-15-10-8-14(9-11-15)17-7-4-12-26(17)19(28)13-27-18-6-3-2-5-16(18)25-20(27)21(22,23)24/h2-3,5-6,8-11,17H,4,7,12-13H2,1H3. The first kappa shape index (κ1) is 19.3. The number of imidazole rings is 1. The molecule has 1 aliphatic rings. The van der Waals surface area contributed by atoms with E-state index in [2.05, 4.69) is 4.98 Å². The summed E-state index contributed by atoms with van der Waals surface area (Å²) >= 11 is 0. The predicted octanol–water partition coefficient (Wildman–Crippen LogP) is 4.43. The summed E-state index contributed by atoms with van der Waals surface area (Å²) in [5.41, 5.74) is 1.47. The predicted molar refractivity (Wildman–Crippen MR) is 101 cm³/mol. The number of methoxy groups -OCH3 is 1. The number of nitrogens with zero attached hydrogens (tertiary/aromatic N) is 3. The quantitative estimate of drug-likeness (QED) is 0.648. The van der Waals surface area contributed by atoms with E-state index in [1.807, 2.05) is 24.3 Å². The van der Waals surface area contributed by atoms with E-state index < -0.39 is 18.5 Å². The van der Waals surface area contributed by atoms with Crippen LogP contribution < -0.4 is 4.74 Å². The van der Waals surface area contributed by atoms with Crippen LogP contribution in [-0.2, 0) is 17.5 Å². The van der Waals surface area contributed by atoms with E-state index in [9.17, 15) is 18.0 Å². The lowest BCUT2D eigenvalue weighted by Gasteiger charge is -2.26. The summed E-state index contributed by atoms with van der Waals surface area (Å²) in [5, 5.41) is 0. The molecule has 2 heterocycles. The fraction of sp³-hybridized carbons (Fsp3) is 0.333. The van der Waals surface area contributed by atoms with Gasteiger partial charge in [0.2, 0.25) is 11.7 Å². The number of likely N-dealkylation sites (tertiary alicyclic amines) is 1. The SMILES string of the molecule is COc1ccc(C2CCCN2C(=O)Cn2c(C(F)(F)F)nc3ccccc32)cc1. The molecule has 0 saturated carbocycles. The van der Waals surface area contributed by atoms with Crippen molar-refractivity contribution in [2.24, 2.45) is 0 Å². The van der Waals surface area contributed by atoms with Gasteiger partial charge in [-0.2, -0.15) is 13.2 Å². The first-order chi connectivity index (χ1) is 13.9. The van der Waals surface area contributed by atoms with Gasteiger partial charge in [-0.05, 0) is 42.7 Å². The van der Waals surface area contributed by atoms with Gasteiger partial charge in [0.1, 0.15) is 12.3 Å². The molecule has 0 bridgehead atoms. The molecule has 3 aromatic rings. The molecule has 0 radical (unpaired) electrons. The van der Waals surface area contributed by atoms with E-state index in [0.29, 0.717) is 17.8 Å². The summed E-state index contributed by atoms with van der Waals surface area (Å²) < 4.78 is 46.7. The smallest absolute Gasteiger partial charge is 0.449 e. The van der Waals surface area contributed by atoms with Crippen LogP contribution in [0.25, 0.3) is 11.0 Å². The lowest BCUT2D eigenvalue weighted by molar-refractivity contribution is -0.148. The third kappa shape index (κ3) is 3.66. The summed E-state index contributed by atoms with van der Waals surface area (Å²) in [7, 11) is 1.58. The van der Waals surface area contributed by atoms with Crippen LogP contribution in [0.2, 0.25) is 0 Å². The average Bonchev–Trinajstić information content (AvgIpc) is 3.33. The highest BCUT2D eigenvalue weighted by Gasteiger charge is 2.39. The third-order valence-corrected chi connectivity index (χ3v) is 5.28. The molecule has 29 heavy (non-hydrogen) atoms. The molecule has 4 rings (SSSR count). The molecule has 1 aliphatic heterocycles. The molecule has 0 N–H and O–H groups in total. The van der Waals surface area contributed by atoms with Gasteiger partial charge in [-0.25, -0.2) is 4.98 Å². The van der Waals surface area contributed by atoms with Crippen molar-refractivity contribution in [1.82, 2.24) is 14.5 Å². The number of amides is 1. The topological polar surface area (TPSA) is 47.4 Å². The van der Waals surface area contributed by atoms with Crippen molar-refractivity contribution < 1.29 is 22.7 Å². The van der Waals surface area contributed by atoms with Crippen LogP contribution in [0.15, 0.2) is 48.5 Å². The Bertz CT molecular complexity index is 1030. The second-order valence-corrected chi connectivity index (χ2v) is 7.03. The van der Waals surface area contributed by atoms with E-state index in [1.54, 1.807) is 30.2 Å².